The number of hydrogen-bond acceptors (Lipinski definition) is 4. The summed E-state index contributed by atoms with van der Waals surface area (Å²) in [5.74, 6) is -0.892. The van der Waals surface area contributed by atoms with Crippen LogP contribution < -0.4 is 0 Å². The molecule has 0 fully saturated rings. The molecule has 0 spiro atoms. The van der Waals surface area contributed by atoms with Crippen LogP contribution in [0.3, 0.4) is 0 Å². The lowest BCUT2D eigenvalue weighted by Crippen LogP contribution is -2.06. The first-order valence-electron chi connectivity index (χ1n) is 6.30. The second kappa shape index (κ2) is 4.96. The minimum absolute atomic E-state index is 0.323. The Labute approximate surface area is 121 Å². The first-order chi connectivity index (χ1) is 9.56. The van der Waals surface area contributed by atoms with E-state index in [0.29, 0.717) is 5.69 Å². The molecule has 3 rings (SSSR count). The quantitative estimate of drug-likeness (QED) is 0.880. The van der Waals surface area contributed by atoms with Gasteiger partial charge in [0.25, 0.3) is 0 Å². The Morgan fingerprint density at radius 1 is 1.40 bits per heavy atom. The van der Waals surface area contributed by atoms with E-state index < -0.39 is 5.97 Å². The molecule has 20 heavy (non-hydrogen) atoms. The van der Waals surface area contributed by atoms with Crippen LogP contribution in [-0.4, -0.2) is 24.9 Å². The first-order valence-corrected chi connectivity index (χ1v) is 7.08. The van der Waals surface area contributed by atoms with E-state index in [1.54, 1.807) is 29.6 Å². The molecule has 1 aliphatic heterocycles. The molecule has 0 saturated heterocycles. The van der Waals surface area contributed by atoms with E-state index in [1.165, 1.54) is 11.1 Å². The van der Waals surface area contributed by atoms with Crippen molar-refractivity contribution in [1.29, 1.82) is 0 Å². The van der Waals surface area contributed by atoms with Gasteiger partial charge < -0.3 is 9.67 Å². The summed E-state index contributed by atoms with van der Waals surface area (Å²) in [7, 11) is 1.78. The number of fused-ring (bicyclic) bond motifs is 1. The van der Waals surface area contributed by atoms with Crippen molar-refractivity contribution in [2.45, 2.75) is 24.9 Å². The molecule has 2 aromatic rings. The predicted molar refractivity (Wildman–Crippen MR) is 76.5 cm³/mol. The molecule has 1 N–H and O–H groups in total. The van der Waals surface area contributed by atoms with Gasteiger partial charge in [-0.25, -0.2) is 9.10 Å². The zero-order valence-corrected chi connectivity index (χ0v) is 12.1. The number of pyridine rings is 1. The molecule has 5 nitrogen and oxygen atoms in total. The van der Waals surface area contributed by atoms with Gasteiger partial charge in [0.1, 0.15) is 5.69 Å². The lowest BCUT2D eigenvalue weighted by molar-refractivity contribution is 0.0686. The molecule has 0 bridgehead atoms. The van der Waals surface area contributed by atoms with Crippen LogP contribution >= 0.6 is 11.9 Å². The SMILES string of the molecule is Cc1c(SN2Cc3ccncc3C2)cc(C(=O)O)n1C. The van der Waals surface area contributed by atoms with Gasteiger partial charge in [0.2, 0.25) is 0 Å². The van der Waals surface area contributed by atoms with Gasteiger partial charge >= 0.3 is 5.97 Å². The standard InChI is InChI=1S/C14H15N3O2S/c1-9-13(5-12(14(18)19)16(9)2)20-17-7-10-3-4-15-6-11(10)8-17/h3-6H,7-8H2,1-2H3,(H,18,19). The van der Waals surface area contributed by atoms with Gasteiger partial charge in [-0.2, -0.15) is 0 Å². The Kier molecular flexibility index (Phi) is 3.27. The lowest BCUT2D eigenvalue weighted by atomic mass is 10.2. The van der Waals surface area contributed by atoms with Gasteiger partial charge in [-0.05, 0) is 42.1 Å². The largest absolute Gasteiger partial charge is 0.477 e. The van der Waals surface area contributed by atoms with Gasteiger partial charge in [-0.3, -0.25) is 4.98 Å². The van der Waals surface area contributed by atoms with Crippen LogP contribution in [0, 0.1) is 6.92 Å². The van der Waals surface area contributed by atoms with Crippen molar-refractivity contribution in [2.75, 3.05) is 0 Å². The molecule has 0 saturated carbocycles. The Bertz CT molecular complexity index is 656. The monoisotopic (exact) mass is 289 g/mol. The molecular weight excluding hydrogens is 274 g/mol. The van der Waals surface area contributed by atoms with Crippen molar-refractivity contribution >= 4 is 17.9 Å². The molecule has 1 aliphatic rings. The van der Waals surface area contributed by atoms with E-state index in [0.717, 1.165) is 23.7 Å². The van der Waals surface area contributed by atoms with E-state index in [1.807, 2.05) is 25.4 Å². The van der Waals surface area contributed by atoms with E-state index in [9.17, 15) is 4.79 Å². The fourth-order valence-corrected chi connectivity index (χ4v) is 3.48. The fourth-order valence-electron chi connectivity index (χ4n) is 2.36. The Morgan fingerprint density at radius 3 is 2.80 bits per heavy atom. The van der Waals surface area contributed by atoms with Crippen LogP contribution in [0.1, 0.15) is 27.3 Å². The zero-order valence-electron chi connectivity index (χ0n) is 11.3. The molecule has 2 aromatic heterocycles. The number of aromatic nitrogens is 2. The van der Waals surface area contributed by atoms with Gasteiger partial charge in [0, 0.05) is 43.1 Å². The summed E-state index contributed by atoms with van der Waals surface area (Å²) < 4.78 is 3.94. The summed E-state index contributed by atoms with van der Waals surface area (Å²) >= 11 is 1.61. The predicted octanol–water partition coefficient (Wildman–Crippen LogP) is 2.45. The smallest absolute Gasteiger partial charge is 0.352 e. The number of carboxylic acid groups (broad SMARTS) is 1. The van der Waals surface area contributed by atoms with Crippen molar-refractivity contribution in [3.63, 3.8) is 0 Å². The number of nitrogens with zero attached hydrogens (tertiary/aromatic N) is 3. The number of carbonyl (C=O) groups is 1. The molecular formula is C14H15N3O2S. The maximum absolute atomic E-state index is 11.2. The summed E-state index contributed by atoms with van der Waals surface area (Å²) in [5, 5.41) is 9.15. The van der Waals surface area contributed by atoms with E-state index >= 15 is 0 Å². The highest BCUT2D eigenvalue weighted by molar-refractivity contribution is 7.97. The summed E-state index contributed by atoms with van der Waals surface area (Å²) in [6, 6.07) is 3.78. The first kappa shape index (κ1) is 13.2. The number of rotatable bonds is 3. The van der Waals surface area contributed by atoms with E-state index in [-0.39, 0.29) is 0 Å². The van der Waals surface area contributed by atoms with Crippen molar-refractivity contribution in [3.05, 3.63) is 47.0 Å². The number of aromatic carboxylic acids is 1. The van der Waals surface area contributed by atoms with Crippen LogP contribution in [0.15, 0.2) is 29.4 Å². The van der Waals surface area contributed by atoms with Gasteiger partial charge in [0.15, 0.2) is 0 Å². The maximum Gasteiger partial charge on any atom is 0.352 e. The highest BCUT2D eigenvalue weighted by atomic mass is 32.2. The third kappa shape index (κ3) is 2.21. The molecule has 0 amide bonds. The van der Waals surface area contributed by atoms with E-state index in [2.05, 4.69) is 9.29 Å². The summed E-state index contributed by atoms with van der Waals surface area (Å²) in [4.78, 5) is 16.3. The zero-order chi connectivity index (χ0) is 14.3. The molecule has 0 unspecified atom stereocenters. The van der Waals surface area contributed by atoms with Gasteiger partial charge in [0.05, 0.1) is 0 Å². The fraction of sp³-hybridized carbons (Fsp3) is 0.286. The molecule has 0 radical (unpaired) electrons. The van der Waals surface area contributed by atoms with Gasteiger partial charge in [-0.15, -0.1) is 0 Å². The van der Waals surface area contributed by atoms with Crippen LogP contribution in [-0.2, 0) is 20.1 Å². The third-order valence-electron chi connectivity index (χ3n) is 3.63. The summed E-state index contributed by atoms with van der Waals surface area (Å²) in [6.45, 7) is 3.64. The van der Waals surface area contributed by atoms with Crippen molar-refractivity contribution < 1.29 is 9.90 Å². The third-order valence-corrected chi connectivity index (χ3v) is 4.76. The minimum Gasteiger partial charge on any atom is -0.477 e. The normalized spacial score (nSPS) is 14.5. The van der Waals surface area contributed by atoms with Crippen molar-refractivity contribution in [3.8, 4) is 0 Å². The highest BCUT2D eigenvalue weighted by Crippen LogP contribution is 2.34. The summed E-state index contributed by atoms with van der Waals surface area (Å²) in [5.41, 5.74) is 3.83. The molecule has 6 heteroatoms. The van der Waals surface area contributed by atoms with E-state index in [4.69, 9.17) is 5.11 Å². The van der Waals surface area contributed by atoms with Crippen LogP contribution in [0.25, 0.3) is 0 Å². The van der Waals surface area contributed by atoms with Crippen molar-refractivity contribution in [1.82, 2.24) is 13.9 Å². The lowest BCUT2D eigenvalue weighted by Gasteiger charge is -2.13. The van der Waals surface area contributed by atoms with Crippen LogP contribution in [0.2, 0.25) is 0 Å². The maximum atomic E-state index is 11.2. The Morgan fingerprint density at radius 2 is 2.15 bits per heavy atom. The minimum atomic E-state index is -0.892. The Hall–Kier alpha value is -1.79. The van der Waals surface area contributed by atoms with Gasteiger partial charge in [-0.1, -0.05) is 0 Å². The number of carboxylic acids is 1. The second-order valence-electron chi connectivity index (χ2n) is 4.88. The van der Waals surface area contributed by atoms with Crippen LogP contribution in [0.5, 0.6) is 0 Å². The van der Waals surface area contributed by atoms with Crippen molar-refractivity contribution in [2.24, 2.45) is 7.05 Å². The second-order valence-corrected chi connectivity index (χ2v) is 6.02. The molecule has 3 heterocycles. The average molecular weight is 289 g/mol. The molecule has 0 atom stereocenters. The molecule has 0 aromatic carbocycles. The topological polar surface area (TPSA) is 58.4 Å². The Balaban J connectivity index is 1.81. The number of hydrogen-bond donors (Lipinski definition) is 1. The molecule has 0 aliphatic carbocycles. The summed E-state index contributed by atoms with van der Waals surface area (Å²) in [6.07, 6.45) is 3.71. The average Bonchev–Trinajstić information content (AvgIpc) is 2.94. The molecule has 104 valence electrons. The highest BCUT2D eigenvalue weighted by Gasteiger charge is 2.22. The van der Waals surface area contributed by atoms with Crippen LogP contribution in [0.4, 0.5) is 0 Å².